The first-order valence-corrected chi connectivity index (χ1v) is 6.05. The van der Waals surface area contributed by atoms with Gasteiger partial charge in [-0.2, -0.15) is 0 Å². The highest BCUT2D eigenvalue weighted by atomic mass is 32.2. The molecule has 4 nitrogen and oxygen atoms in total. The van der Waals surface area contributed by atoms with Crippen LogP contribution in [-0.2, 0) is 9.84 Å². The fourth-order valence-electron chi connectivity index (χ4n) is 0.936. The molecule has 5 heteroatoms. The van der Waals surface area contributed by atoms with Crippen LogP contribution in [0, 0.1) is 5.92 Å². The predicted octanol–water partition coefficient (Wildman–Crippen LogP) is 1.52. The third-order valence-electron chi connectivity index (χ3n) is 1.71. The summed E-state index contributed by atoms with van der Waals surface area (Å²) < 4.78 is 27.0. The van der Waals surface area contributed by atoms with Gasteiger partial charge in [0.25, 0.3) is 0 Å². The molecule has 0 N–H and O–H groups in total. The van der Waals surface area contributed by atoms with Gasteiger partial charge in [0, 0.05) is 12.2 Å². The van der Waals surface area contributed by atoms with E-state index in [0.717, 1.165) is 6.26 Å². The molecule has 0 unspecified atom stereocenters. The smallest absolute Gasteiger partial charge is 0.218 e. The Morgan fingerprint density at radius 2 is 1.93 bits per heavy atom. The van der Waals surface area contributed by atoms with Crippen LogP contribution >= 0.6 is 0 Å². The Balaban J connectivity index is 3.07. The quantitative estimate of drug-likeness (QED) is 0.718. The third-order valence-corrected chi connectivity index (χ3v) is 2.66. The lowest BCUT2D eigenvalue weighted by Gasteiger charge is -1.98. The summed E-state index contributed by atoms with van der Waals surface area (Å²) in [6.07, 6.45) is 1.04. The fourth-order valence-corrected chi connectivity index (χ4v) is 1.49. The number of carbonyl (C=O) groups is 1. The van der Waals surface area contributed by atoms with Gasteiger partial charge in [-0.15, -0.1) is 0 Å². The van der Waals surface area contributed by atoms with Gasteiger partial charge in [-0.25, -0.2) is 8.42 Å². The lowest BCUT2D eigenvalue weighted by Crippen LogP contribution is -2.05. The highest BCUT2D eigenvalue weighted by Crippen LogP contribution is 2.16. The Morgan fingerprint density at radius 3 is 2.29 bits per heavy atom. The maximum absolute atomic E-state index is 11.4. The first-order chi connectivity index (χ1) is 6.32. The van der Waals surface area contributed by atoms with E-state index in [9.17, 15) is 13.2 Å². The zero-order valence-electron chi connectivity index (χ0n) is 8.27. The average molecular weight is 216 g/mol. The summed E-state index contributed by atoms with van der Waals surface area (Å²) in [6, 6.07) is 2.68. The maximum Gasteiger partial charge on any atom is 0.218 e. The summed E-state index contributed by atoms with van der Waals surface area (Å²) in [5.74, 6) is -0.297. The molecule has 1 aromatic heterocycles. The number of hydrogen-bond donors (Lipinski definition) is 0. The molecule has 0 aliphatic carbocycles. The van der Waals surface area contributed by atoms with Gasteiger partial charge < -0.3 is 4.42 Å². The molecule has 0 aromatic carbocycles. The van der Waals surface area contributed by atoms with E-state index in [1.54, 1.807) is 13.8 Å². The van der Waals surface area contributed by atoms with Crippen molar-refractivity contribution >= 4 is 15.6 Å². The molecule has 14 heavy (non-hydrogen) atoms. The van der Waals surface area contributed by atoms with Crippen molar-refractivity contribution in [3.8, 4) is 0 Å². The molecular weight excluding hydrogens is 204 g/mol. The van der Waals surface area contributed by atoms with E-state index >= 15 is 0 Å². The highest BCUT2D eigenvalue weighted by molar-refractivity contribution is 7.90. The second-order valence-electron chi connectivity index (χ2n) is 3.41. The number of rotatable bonds is 3. The molecule has 1 aromatic rings. The number of furan rings is 1. The van der Waals surface area contributed by atoms with Crippen molar-refractivity contribution in [1.82, 2.24) is 0 Å². The Labute approximate surface area is 82.8 Å². The van der Waals surface area contributed by atoms with Crippen molar-refractivity contribution in [2.45, 2.75) is 18.9 Å². The Bertz CT molecular complexity index is 439. The van der Waals surface area contributed by atoms with Crippen molar-refractivity contribution in [2.75, 3.05) is 6.26 Å². The first kappa shape index (κ1) is 11.0. The van der Waals surface area contributed by atoms with Gasteiger partial charge in [0.2, 0.25) is 20.7 Å². The summed E-state index contributed by atoms with van der Waals surface area (Å²) >= 11 is 0. The summed E-state index contributed by atoms with van der Waals surface area (Å²) in [5, 5.41) is -0.165. The van der Waals surface area contributed by atoms with Crippen LogP contribution in [0.2, 0.25) is 0 Å². The maximum atomic E-state index is 11.4. The van der Waals surface area contributed by atoms with Crippen molar-refractivity contribution in [3.05, 3.63) is 17.9 Å². The number of carbonyl (C=O) groups excluding carboxylic acids is 1. The molecule has 0 bridgehead atoms. The van der Waals surface area contributed by atoms with Crippen LogP contribution in [0.15, 0.2) is 21.6 Å². The van der Waals surface area contributed by atoms with Crippen molar-refractivity contribution < 1.29 is 17.6 Å². The Hall–Kier alpha value is -1.10. The largest absolute Gasteiger partial charge is 0.442 e. The van der Waals surface area contributed by atoms with Crippen molar-refractivity contribution in [2.24, 2.45) is 5.92 Å². The molecule has 0 saturated heterocycles. The van der Waals surface area contributed by atoms with Gasteiger partial charge in [-0.1, -0.05) is 13.8 Å². The monoisotopic (exact) mass is 216 g/mol. The van der Waals surface area contributed by atoms with Crippen LogP contribution in [-0.4, -0.2) is 20.5 Å². The molecule has 0 amide bonds. The zero-order chi connectivity index (χ0) is 10.9. The minimum Gasteiger partial charge on any atom is -0.442 e. The summed E-state index contributed by atoms with van der Waals surface area (Å²) in [7, 11) is -3.36. The number of sulfone groups is 1. The van der Waals surface area contributed by atoms with E-state index < -0.39 is 9.84 Å². The number of ketones is 1. The van der Waals surface area contributed by atoms with E-state index in [0.29, 0.717) is 0 Å². The van der Waals surface area contributed by atoms with Gasteiger partial charge in [-0.05, 0) is 12.1 Å². The van der Waals surface area contributed by atoms with Crippen LogP contribution in [0.25, 0.3) is 0 Å². The number of Topliss-reactive ketones (excluding diaryl/α,β-unsaturated/α-hetero) is 1. The van der Waals surface area contributed by atoms with Crippen molar-refractivity contribution in [3.63, 3.8) is 0 Å². The first-order valence-electron chi connectivity index (χ1n) is 4.16. The van der Waals surface area contributed by atoms with Gasteiger partial charge in [0.15, 0.2) is 5.76 Å². The minimum atomic E-state index is -3.36. The zero-order valence-corrected chi connectivity index (χ0v) is 9.09. The standard InChI is InChI=1S/C9H12O4S/c1-6(2)9(10)7-4-5-8(13-7)14(3,11)12/h4-6H,1-3H3. The van der Waals surface area contributed by atoms with Gasteiger partial charge in [0.1, 0.15) is 0 Å². The lowest BCUT2D eigenvalue weighted by atomic mass is 10.1. The van der Waals surface area contributed by atoms with Gasteiger partial charge in [0.05, 0.1) is 0 Å². The number of hydrogen-bond acceptors (Lipinski definition) is 4. The van der Waals surface area contributed by atoms with E-state index in [4.69, 9.17) is 4.42 Å². The van der Waals surface area contributed by atoms with E-state index in [2.05, 4.69) is 0 Å². The van der Waals surface area contributed by atoms with Crippen LogP contribution in [0.4, 0.5) is 0 Å². The molecule has 1 heterocycles. The molecule has 1 rings (SSSR count). The molecule has 78 valence electrons. The Kier molecular flexibility index (Phi) is 2.80. The molecule has 0 atom stereocenters. The summed E-state index contributed by atoms with van der Waals surface area (Å²) in [5.41, 5.74) is 0. The summed E-state index contributed by atoms with van der Waals surface area (Å²) in [4.78, 5) is 11.4. The van der Waals surface area contributed by atoms with Crippen LogP contribution in [0.1, 0.15) is 24.4 Å². The third kappa shape index (κ3) is 2.23. The van der Waals surface area contributed by atoms with Crippen LogP contribution in [0.5, 0.6) is 0 Å². The van der Waals surface area contributed by atoms with Gasteiger partial charge in [-0.3, -0.25) is 4.79 Å². The predicted molar refractivity (Wildman–Crippen MR) is 51.0 cm³/mol. The molecule has 0 spiro atoms. The molecule has 0 radical (unpaired) electrons. The second kappa shape index (κ2) is 3.57. The van der Waals surface area contributed by atoms with Gasteiger partial charge >= 0.3 is 0 Å². The topological polar surface area (TPSA) is 64.3 Å². The molecule has 0 aliphatic rings. The molecule has 0 aliphatic heterocycles. The fraction of sp³-hybridized carbons (Fsp3) is 0.444. The second-order valence-corrected chi connectivity index (χ2v) is 5.36. The van der Waals surface area contributed by atoms with E-state index in [-0.39, 0.29) is 22.6 Å². The lowest BCUT2D eigenvalue weighted by molar-refractivity contribution is 0.0906. The molecular formula is C9H12O4S. The molecule has 0 saturated carbocycles. The Morgan fingerprint density at radius 1 is 1.36 bits per heavy atom. The summed E-state index contributed by atoms with van der Waals surface area (Å²) in [6.45, 7) is 3.45. The van der Waals surface area contributed by atoms with E-state index in [1.165, 1.54) is 12.1 Å². The highest BCUT2D eigenvalue weighted by Gasteiger charge is 2.18. The minimum absolute atomic E-state index is 0.0976. The van der Waals surface area contributed by atoms with Crippen molar-refractivity contribution in [1.29, 1.82) is 0 Å². The molecule has 0 fully saturated rings. The normalized spacial score (nSPS) is 12.0. The van der Waals surface area contributed by atoms with Crippen LogP contribution in [0.3, 0.4) is 0 Å². The van der Waals surface area contributed by atoms with Crippen LogP contribution < -0.4 is 0 Å². The SMILES string of the molecule is CC(C)C(=O)c1ccc(S(C)(=O)=O)o1. The average Bonchev–Trinajstić information content (AvgIpc) is 2.49. The van der Waals surface area contributed by atoms with E-state index in [1.807, 2.05) is 0 Å².